The fourth-order valence-corrected chi connectivity index (χ4v) is 2.20. The van der Waals surface area contributed by atoms with Gasteiger partial charge in [-0.3, -0.25) is 4.79 Å². The van der Waals surface area contributed by atoms with Gasteiger partial charge in [0.2, 0.25) is 5.82 Å². The average molecular weight is 268 g/mol. The van der Waals surface area contributed by atoms with Gasteiger partial charge in [0.15, 0.2) is 0 Å². The van der Waals surface area contributed by atoms with E-state index in [9.17, 15) is 4.79 Å². The summed E-state index contributed by atoms with van der Waals surface area (Å²) in [5.41, 5.74) is 8.05. The molecule has 2 heterocycles. The second-order valence-corrected chi connectivity index (χ2v) is 4.48. The zero-order valence-corrected chi connectivity index (χ0v) is 11.0. The van der Waals surface area contributed by atoms with Crippen molar-refractivity contribution in [1.82, 2.24) is 15.1 Å². The molecule has 0 unspecified atom stereocenters. The molecule has 0 aliphatic carbocycles. The Bertz CT molecular complexity index is 804. The summed E-state index contributed by atoms with van der Waals surface area (Å²) in [5, 5.41) is 4.75. The molecule has 0 fully saturated rings. The number of nitrogens with two attached hydrogens (primary N) is 1. The van der Waals surface area contributed by atoms with Crippen LogP contribution in [0.5, 0.6) is 0 Å². The van der Waals surface area contributed by atoms with Crippen LogP contribution in [0.2, 0.25) is 0 Å². The van der Waals surface area contributed by atoms with Crippen molar-refractivity contribution >= 4 is 16.8 Å². The van der Waals surface area contributed by atoms with Crippen molar-refractivity contribution in [2.24, 2.45) is 5.73 Å². The van der Waals surface area contributed by atoms with Crippen molar-refractivity contribution in [1.29, 1.82) is 0 Å². The van der Waals surface area contributed by atoms with Gasteiger partial charge in [0, 0.05) is 5.39 Å². The number of hydrogen-bond acceptors (Lipinski definition) is 5. The molecule has 2 aromatic heterocycles. The number of para-hydroxylation sites is 1. The Hall–Kier alpha value is -2.76. The first-order chi connectivity index (χ1) is 9.58. The molecular weight excluding hydrogens is 256 g/mol. The lowest BCUT2D eigenvalue weighted by molar-refractivity contribution is 0.0991. The number of carbonyl (C=O) groups excluding carboxylic acids is 1. The van der Waals surface area contributed by atoms with E-state index in [0.717, 1.165) is 10.9 Å². The standard InChI is InChI=1S/C14H12N4O2/c1-7-11(8(2)20-18-7)12-9-5-3-4-6-10(9)16-14(17-12)13(15)19/h3-6H,1-2H3,(H2,15,19). The van der Waals surface area contributed by atoms with Crippen molar-refractivity contribution in [2.45, 2.75) is 13.8 Å². The summed E-state index contributed by atoms with van der Waals surface area (Å²) in [6, 6.07) is 7.43. The maximum atomic E-state index is 11.4. The number of rotatable bonds is 2. The third-order valence-corrected chi connectivity index (χ3v) is 3.09. The Morgan fingerprint density at radius 2 is 1.95 bits per heavy atom. The predicted octanol–water partition coefficient (Wildman–Crippen LogP) is 2.00. The highest BCUT2D eigenvalue weighted by atomic mass is 16.5. The van der Waals surface area contributed by atoms with E-state index in [2.05, 4.69) is 15.1 Å². The zero-order chi connectivity index (χ0) is 14.3. The van der Waals surface area contributed by atoms with E-state index in [-0.39, 0.29) is 5.82 Å². The van der Waals surface area contributed by atoms with E-state index in [0.29, 0.717) is 22.7 Å². The molecule has 2 N–H and O–H groups in total. The van der Waals surface area contributed by atoms with E-state index in [1.807, 2.05) is 31.2 Å². The van der Waals surface area contributed by atoms with Crippen LogP contribution in [0, 0.1) is 13.8 Å². The van der Waals surface area contributed by atoms with E-state index < -0.39 is 5.91 Å². The monoisotopic (exact) mass is 268 g/mol. The van der Waals surface area contributed by atoms with Crippen LogP contribution >= 0.6 is 0 Å². The number of nitrogens with zero attached hydrogens (tertiary/aromatic N) is 3. The fourth-order valence-electron chi connectivity index (χ4n) is 2.20. The Morgan fingerprint density at radius 1 is 1.20 bits per heavy atom. The number of primary amides is 1. The molecule has 0 radical (unpaired) electrons. The number of aryl methyl sites for hydroxylation is 2. The fraction of sp³-hybridized carbons (Fsp3) is 0.143. The van der Waals surface area contributed by atoms with Crippen LogP contribution in [0.25, 0.3) is 22.2 Å². The third-order valence-electron chi connectivity index (χ3n) is 3.09. The number of fused-ring (bicyclic) bond motifs is 1. The highest BCUT2D eigenvalue weighted by Crippen LogP contribution is 2.30. The number of amides is 1. The summed E-state index contributed by atoms with van der Waals surface area (Å²) in [6.07, 6.45) is 0. The molecule has 0 saturated heterocycles. The van der Waals surface area contributed by atoms with Crippen molar-refractivity contribution in [2.75, 3.05) is 0 Å². The first-order valence-electron chi connectivity index (χ1n) is 6.07. The van der Waals surface area contributed by atoms with Crippen LogP contribution in [0.3, 0.4) is 0 Å². The first-order valence-corrected chi connectivity index (χ1v) is 6.07. The molecule has 0 aliphatic heterocycles. The second-order valence-electron chi connectivity index (χ2n) is 4.48. The van der Waals surface area contributed by atoms with Crippen LogP contribution in [0.1, 0.15) is 22.1 Å². The molecule has 1 amide bonds. The third kappa shape index (κ3) is 1.82. The van der Waals surface area contributed by atoms with E-state index in [4.69, 9.17) is 10.3 Å². The maximum Gasteiger partial charge on any atom is 0.286 e. The van der Waals surface area contributed by atoms with Gasteiger partial charge >= 0.3 is 0 Å². The topological polar surface area (TPSA) is 94.9 Å². The highest BCUT2D eigenvalue weighted by Gasteiger charge is 2.18. The van der Waals surface area contributed by atoms with Crippen molar-refractivity contribution in [3.63, 3.8) is 0 Å². The largest absolute Gasteiger partial charge is 0.363 e. The van der Waals surface area contributed by atoms with Crippen LogP contribution in [-0.4, -0.2) is 21.0 Å². The van der Waals surface area contributed by atoms with Crippen molar-refractivity contribution < 1.29 is 9.32 Å². The lowest BCUT2D eigenvalue weighted by Crippen LogP contribution is -2.16. The molecule has 6 nitrogen and oxygen atoms in total. The second kappa shape index (κ2) is 4.41. The SMILES string of the molecule is Cc1noc(C)c1-c1nc(C(N)=O)nc2ccccc12. The van der Waals surface area contributed by atoms with Crippen LogP contribution < -0.4 is 5.73 Å². The summed E-state index contributed by atoms with van der Waals surface area (Å²) >= 11 is 0. The molecule has 3 rings (SSSR count). The number of carbonyl (C=O) groups is 1. The molecule has 0 atom stereocenters. The molecule has 6 heteroatoms. The maximum absolute atomic E-state index is 11.4. The molecule has 0 bridgehead atoms. The molecule has 20 heavy (non-hydrogen) atoms. The summed E-state index contributed by atoms with van der Waals surface area (Å²) in [7, 11) is 0. The van der Waals surface area contributed by atoms with E-state index in [1.54, 1.807) is 6.92 Å². The predicted molar refractivity (Wildman–Crippen MR) is 73.0 cm³/mol. The summed E-state index contributed by atoms with van der Waals surface area (Å²) in [4.78, 5) is 19.8. The van der Waals surface area contributed by atoms with Gasteiger partial charge in [-0.15, -0.1) is 0 Å². The Labute approximate surface area is 114 Å². The summed E-state index contributed by atoms with van der Waals surface area (Å²) < 4.78 is 5.17. The summed E-state index contributed by atoms with van der Waals surface area (Å²) in [5.74, 6) is -0.0377. The van der Waals surface area contributed by atoms with Crippen LogP contribution in [-0.2, 0) is 0 Å². The number of benzene rings is 1. The van der Waals surface area contributed by atoms with Gasteiger partial charge in [-0.25, -0.2) is 9.97 Å². The number of hydrogen-bond donors (Lipinski definition) is 1. The first kappa shape index (κ1) is 12.3. The Morgan fingerprint density at radius 3 is 2.60 bits per heavy atom. The van der Waals surface area contributed by atoms with Gasteiger partial charge < -0.3 is 10.3 Å². The van der Waals surface area contributed by atoms with Crippen molar-refractivity contribution in [3.05, 3.63) is 41.5 Å². The molecule has 0 aliphatic rings. The average Bonchev–Trinajstić information content (AvgIpc) is 2.77. The Kier molecular flexibility index (Phi) is 2.71. The smallest absolute Gasteiger partial charge is 0.286 e. The van der Waals surface area contributed by atoms with Gasteiger partial charge in [0.25, 0.3) is 5.91 Å². The molecular formula is C14H12N4O2. The van der Waals surface area contributed by atoms with Crippen LogP contribution in [0.4, 0.5) is 0 Å². The lowest BCUT2D eigenvalue weighted by Gasteiger charge is -2.06. The molecule has 100 valence electrons. The van der Waals surface area contributed by atoms with Gasteiger partial charge in [-0.05, 0) is 19.9 Å². The van der Waals surface area contributed by atoms with Gasteiger partial charge in [0.05, 0.1) is 22.5 Å². The minimum atomic E-state index is -0.663. The molecule has 3 aromatic rings. The van der Waals surface area contributed by atoms with Crippen LogP contribution in [0.15, 0.2) is 28.8 Å². The minimum absolute atomic E-state index is 0.0151. The normalized spacial score (nSPS) is 10.9. The molecule has 0 saturated carbocycles. The Balaban J connectivity index is 2.42. The summed E-state index contributed by atoms with van der Waals surface area (Å²) in [6.45, 7) is 3.63. The molecule has 0 spiro atoms. The zero-order valence-electron chi connectivity index (χ0n) is 11.0. The van der Waals surface area contributed by atoms with Gasteiger partial charge in [0.1, 0.15) is 5.76 Å². The lowest BCUT2D eigenvalue weighted by atomic mass is 10.1. The number of aromatic nitrogens is 3. The van der Waals surface area contributed by atoms with Gasteiger partial charge in [-0.2, -0.15) is 0 Å². The quantitative estimate of drug-likeness (QED) is 0.767. The van der Waals surface area contributed by atoms with Gasteiger partial charge in [-0.1, -0.05) is 23.4 Å². The minimum Gasteiger partial charge on any atom is -0.363 e. The highest BCUT2D eigenvalue weighted by molar-refractivity contribution is 5.97. The molecule has 1 aromatic carbocycles. The van der Waals surface area contributed by atoms with E-state index >= 15 is 0 Å². The van der Waals surface area contributed by atoms with Crippen molar-refractivity contribution in [3.8, 4) is 11.3 Å². The van der Waals surface area contributed by atoms with E-state index in [1.165, 1.54) is 0 Å².